The molecule has 3 rings (SSSR count). The molecule has 2 aliphatic rings. The summed E-state index contributed by atoms with van der Waals surface area (Å²) < 4.78 is 5.33. The summed E-state index contributed by atoms with van der Waals surface area (Å²) in [6.07, 6.45) is 4.13. The topological polar surface area (TPSA) is 82.7 Å². The van der Waals surface area contributed by atoms with Gasteiger partial charge in [-0.05, 0) is 36.8 Å². The smallest absolute Gasteiger partial charge is 0.266 e. The first-order valence-electron chi connectivity index (χ1n) is 9.09. The number of rotatable bonds is 6. The zero-order valence-corrected chi connectivity index (χ0v) is 14.6. The van der Waals surface area contributed by atoms with Gasteiger partial charge in [0.25, 0.3) is 5.95 Å². The predicted molar refractivity (Wildman–Crippen MR) is 89.8 cm³/mol. The molecule has 1 amide bonds. The van der Waals surface area contributed by atoms with E-state index in [1.54, 1.807) is 0 Å². The Labute approximate surface area is 143 Å². The molecule has 0 radical (unpaired) electrons. The highest BCUT2D eigenvalue weighted by molar-refractivity contribution is 5.77. The average Bonchev–Trinajstić information content (AvgIpc) is 3.07. The maximum absolute atomic E-state index is 12.3. The minimum Gasteiger partial charge on any atom is -0.396 e. The molecule has 134 valence electrons. The van der Waals surface area contributed by atoms with Crippen molar-refractivity contribution in [3.63, 3.8) is 0 Å². The molecule has 2 aliphatic heterocycles. The van der Waals surface area contributed by atoms with E-state index in [1.807, 2.05) is 13.8 Å². The van der Waals surface area contributed by atoms with E-state index in [2.05, 4.69) is 19.9 Å². The zero-order chi connectivity index (χ0) is 17.1. The van der Waals surface area contributed by atoms with Crippen molar-refractivity contribution in [1.29, 1.82) is 0 Å². The maximum atomic E-state index is 12.3. The maximum Gasteiger partial charge on any atom is 0.266 e. The van der Waals surface area contributed by atoms with Gasteiger partial charge in [0.2, 0.25) is 11.8 Å². The summed E-state index contributed by atoms with van der Waals surface area (Å²) in [4.78, 5) is 21.0. The molecule has 1 aromatic heterocycles. The number of fused-ring (bicyclic) bond motifs is 1. The molecule has 0 spiro atoms. The molecule has 0 aliphatic carbocycles. The normalized spacial score (nSPS) is 24.6. The fraction of sp³-hybridized carbons (Fsp3) is 0.824. The molecular weight excluding hydrogens is 308 g/mol. The number of hydrogen-bond acceptors (Lipinski definition) is 6. The summed E-state index contributed by atoms with van der Waals surface area (Å²) in [7, 11) is 0. The Kier molecular flexibility index (Phi) is 5.38. The predicted octanol–water partition coefficient (Wildman–Crippen LogP) is 1.78. The molecule has 1 aromatic rings. The molecule has 2 atom stereocenters. The van der Waals surface area contributed by atoms with Crippen molar-refractivity contribution < 1.29 is 14.4 Å². The zero-order valence-electron chi connectivity index (χ0n) is 14.6. The van der Waals surface area contributed by atoms with E-state index in [4.69, 9.17) is 9.63 Å². The van der Waals surface area contributed by atoms with Crippen LogP contribution in [0.25, 0.3) is 0 Å². The van der Waals surface area contributed by atoms with Crippen LogP contribution in [0.3, 0.4) is 0 Å². The molecule has 0 bridgehead atoms. The molecule has 0 unspecified atom stereocenters. The van der Waals surface area contributed by atoms with Crippen LogP contribution >= 0.6 is 0 Å². The molecule has 3 heterocycles. The summed E-state index contributed by atoms with van der Waals surface area (Å²) in [5, 5.41) is 13.1. The Bertz CT molecular complexity index is 560. The van der Waals surface area contributed by atoms with Crippen molar-refractivity contribution in [2.45, 2.75) is 57.9 Å². The molecular formula is C17H28N4O3. The van der Waals surface area contributed by atoms with Crippen molar-refractivity contribution in [3.05, 3.63) is 5.89 Å². The number of likely N-dealkylation sites (tertiary alicyclic amines) is 1. The van der Waals surface area contributed by atoms with Crippen LogP contribution in [0.1, 0.15) is 57.8 Å². The van der Waals surface area contributed by atoms with Crippen molar-refractivity contribution in [2.75, 3.05) is 31.1 Å². The first kappa shape index (κ1) is 17.2. The van der Waals surface area contributed by atoms with Crippen LogP contribution in [0.4, 0.5) is 5.95 Å². The van der Waals surface area contributed by atoms with Gasteiger partial charge in [-0.3, -0.25) is 4.79 Å². The summed E-state index contributed by atoms with van der Waals surface area (Å²) in [5.74, 6) is 2.33. The summed E-state index contributed by atoms with van der Waals surface area (Å²) in [6, 6.07) is 0.317. The number of unbranched alkanes of at least 4 members (excludes halogenated alkanes) is 1. The lowest BCUT2D eigenvalue weighted by Gasteiger charge is -2.46. The van der Waals surface area contributed by atoms with Crippen LogP contribution in [0.15, 0.2) is 4.52 Å². The largest absolute Gasteiger partial charge is 0.396 e. The average molecular weight is 336 g/mol. The third kappa shape index (κ3) is 3.55. The summed E-state index contributed by atoms with van der Waals surface area (Å²) in [5.41, 5.74) is 0. The molecule has 24 heavy (non-hydrogen) atoms. The van der Waals surface area contributed by atoms with E-state index in [0.29, 0.717) is 30.2 Å². The van der Waals surface area contributed by atoms with Crippen molar-refractivity contribution in [3.8, 4) is 0 Å². The molecule has 1 N–H and O–H groups in total. The lowest BCUT2D eigenvalue weighted by molar-refractivity contribution is -0.139. The van der Waals surface area contributed by atoms with Crippen LogP contribution in [0.5, 0.6) is 0 Å². The highest BCUT2D eigenvalue weighted by atomic mass is 16.5. The van der Waals surface area contributed by atoms with Crippen molar-refractivity contribution in [1.82, 2.24) is 15.0 Å². The van der Waals surface area contributed by atoms with E-state index in [0.717, 1.165) is 45.3 Å². The Morgan fingerprint density at radius 3 is 2.88 bits per heavy atom. The van der Waals surface area contributed by atoms with Crippen molar-refractivity contribution >= 4 is 11.9 Å². The SMILES string of the molecule is CC(C)c1nc(N2CC[C@@H]3[C@@H](CCC(=O)N3CCCCO)C2)no1. The van der Waals surface area contributed by atoms with Gasteiger partial charge < -0.3 is 19.4 Å². The van der Waals surface area contributed by atoms with E-state index < -0.39 is 0 Å². The summed E-state index contributed by atoms with van der Waals surface area (Å²) >= 11 is 0. The van der Waals surface area contributed by atoms with Crippen LogP contribution < -0.4 is 4.90 Å². The minimum atomic E-state index is 0.194. The highest BCUT2D eigenvalue weighted by Gasteiger charge is 2.39. The second-order valence-corrected chi connectivity index (χ2v) is 7.21. The number of hydrogen-bond donors (Lipinski definition) is 1. The van der Waals surface area contributed by atoms with E-state index in [1.165, 1.54) is 0 Å². The van der Waals surface area contributed by atoms with Crippen molar-refractivity contribution in [2.24, 2.45) is 5.92 Å². The Morgan fingerprint density at radius 2 is 2.17 bits per heavy atom. The number of amides is 1. The molecule has 0 aromatic carbocycles. The van der Waals surface area contributed by atoms with Gasteiger partial charge in [-0.1, -0.05) is 13.8 Å². The molecule has 7 heteroatoms. The van der Waals surface area contributed by atoms with Gasteiger partial charge in [-0.25, -0.2) is 0 Å². The quantitative estimate of drug-likeness (QED) is 0.798. The van der Waals surface area contributed by atoms with Gasteiger partial charge in [0.05, 0.1) is 0 Å². The second-order valence-electron chi connectivity index (χ2n) is 7.21. The molecule has 2 fully saturated rings. The molecule has 2 saturated heterocycles. The first-order valence-corrected chi connectivity index (χ1v) is 9.09. The minimum absolute atomic E-state index is 0.194. The number of carbonyl (C=O) groups is 1. The van der Waals surface area contributed by atoms with Crippen LogP contribution in [-0.4, -0.2) is 58.3 Å². The monoisotopic (exact) mass is 336 g/mol. The van der Waals surface area contributed by atoms with E-state index in [-0.39, 0.29) is 18.4 Å². The second kappa shape index (κ2) is 7.51. The third-order valence-corrected chi connectivity index (χ3v) is 5.16. The van der Waals surface area contributed by atoms with Gasteiger partial charge in [0.1, 0.15) is 0 Å². The van der Waals surface area contributed by atoms with Gasteiger partial charge in [0, 0.05) is 44.6 Å². The van der Waals surface area contributed by atoms with E-state index >= 15 is 0 Å². The lowest BCUT2D eigenvalue weighted by atomic mass is 9.83. The summed E-state index contributed by atoms with van der Waals surface area (Å²) in [6.45, 7) is 6.77. The van der Waals surface area contributed by atoms with Gasteiger partial charge in [-0.2, -0.15) is 4.98 Å². The third-order valence-electron chi connectivity index (χ3n) is 5.16. The number of aliphatic hydroxyl groups is 1. The van der Waals surface area contributed by atoms with Crippen LogP contribution in [0, 0.1) is 5.92 Å². The molecule has 7 nitrogen and oxygen atoms in total. The Hall–Kier alpha value is -1.63. The fourth-order valence-electron chi connectivity index (χ4n) is 3.81. The fourth-order valence-corrected chi connectivity index (χ4v) is 3.81. The van der Waals surface area contributed by atoms with Crippen LogP contribution in [-0.2, 0) is 4.79 Å². The molecule has 0 saturated carbocycles. The van der Waals surface area contributed by atoms with Crippen LogP contribution in [0.2, 0.25) is 0 Å². The highest BCUT2D eigenvalue weighted by Crippen LogP contribution is 2.33. The number of nitrogens with zero attached hydrogens (tertiary/aromatic N) is 4. The number of piperidine rings is 2. The Balaban J connectivity index is 1.64. The number of aliphatic hydroxyl groups excluding tert-OH is 1. The number of anilines is 1. The Morgan fingerprint density at radius 1 is 1.33 bits per heavy atom. The van der Waals surface area contributed by atoms with Gasteiger partial charge >= 0.3 is 0 Å². The van der Waals surface area contributed by atoms with Gasteiger partial charge in [0.15, 0.2) is 0 Å². The standard InChI is InChI=1S/C17H28N4O3/c1-12(2)16-18-17(19-24-16)20-9-7-14-13(11-20)5-6-15(23)21(14)8-3-4-10-22/h12-14,22H,3-11H2,1-2H3/t13-,14+/m0/s1. The van der Waals surface area contributed by atoms with Gasteiger partial charge in [-0.15, -0.1) is 0 Å². The lowest BCUT2D eigenvalue weighted by Crippen LogP contribution is -2.56. The first-order chi connectivity index (χ1) is 11.6. The number of aromatic nitrogens is 2. The van der Waals surface area contributed by atoms with E-state index in [9.17, 15) is 4.79 Å². The number of carbonyl (C=O) groups excluding carboxylic acids is 1.